The Kier molecular flexibility index (Phi) is 6.13. The second kappa shape index (κ2) is 9.52. The molecule has 0 N–H and O–H groups in total. The van der Waals surface area contributed by atoms with Crippen molar-refractivity contribution in [1.29, 1.82) is 0 Å². The van der Waals surface area contributed by atoms with Gasteiger partial charge in [0.2, 0.25) is 0 Å². The summed E-state index contributed by atoms with van der Waals surface area (Å²) in [4.78, 5) is 13.2. The number of hydrogen-bond donors (Lipinski definition) is 0. The number of methoxy groups -OCH3 is 1. The number of hydrogen-bond acceptors (Lipinski definition) is 7. The fourth-order valence-corrected chi connectivity index (χ4v) is 4.50. The summed E-state index contributed by atoms with van der Waals surface area (Å²) in [7, 11) is 1.61. The molecule has 0 unspecified atom stereocenters. The minimum Gasteiger partial charge on any atom is -0.497 e. The van der Waals surface area contributed by atoms with E-state index in [9.17, 15) is 9.18 Å². The monoisotopic (exact) mass is 477 g/mol. The molecule has 34 heavy (non-hydrogen) atoms. The number of amides is 1. The first-order chi connectivity index (χ1) is 16.6. The highest BCUT2D eigenvalue weighted by atomic mass is 32.2. The predicted octanol–water partition coefficient (Wildman–Crippen LogP) is 4.48. The van der Waals surface area contributed by atoms with Crippen molar-refractivity contribution < 1.29 is 18.3 Å². The molecule has 0 fully saturated rings. The number of thioether (sulfide) groups is 1. The maximum Gasteiger partial charge on any atom is 0.253 e. The summed E-state index contributed by atoms with van der Waals surface area (Å²) in [6.45, 7) is 0. The topological polar surface area (TPSA) is 85.8 Å². The minimum atomic E-state index is -0.401. The number of ether oxygens (including phenoxy) is 1. The third-order valence-electron chi connectivity index (χ3n) is 5.41. The molecular weight excluding hydrogens is 457 g/mol. The Labute approximate surface area is 199 Å². The van der Waals surface area contributed by atoms with E-state index in [0.29, 0.717) is 23.0 Å². The van der Waals surface area contributed by atoms with E-state index in [1.807, 2.05) is 30.3 Å². The molecule has 0 saturated heterocycles. The van der Waals surface area contributed by atoms with Crippen LogP contribution in [0, 0.1) is 5.82 Å². The molecule has 2 aromatic carbocycles. The van der Waals surface area contributed by atoms with Gasteiger partial charge >= 0.3 is 0 Å². The molecule has 5 rings (SSSR count). The molecule has 10 heteroatoms. The van der Waals surface area contributed by atoms with Crippen LogP contribution in [0.1, 0.15) is 23.8 Å². The number of carbonyl (C=O) groups excluding carboxylic acids is 1. The zero-order chi connectivity index (χ0) is 23.5. The van der Waals surface area contributed by atoms with Crippen LogP contribution < -0.4 is 4.74 Å². The zero-order valence-electron chi connectivity index (χ0n) is 18.2. The normalized spacial score (nSPS) is 15.4. The van der Waals surface area contributed by atoms with Crippen molar-refractivity contribution in [2.24, 2.45) is 5.10 Å². The van der Waals surface area contributed by atoms with Crippen LogP contribution in [0.15, 0.2) is 87.9 Å². The van der Waals surface area contributed by atoms with Crippen molar-refractivity contribution >= 4 is 23.4 Å². The number of aromatic nitrogens is 3. The Hall–Kier alpha value is -3.92. The lowest BCUT2D eigenvalue weighted by molar-refractivity contribution is -0.130. The highest BCUT2D eigenvalue weighted by Crippen LogP contribution is 2.34. The van der Waals surface area contributed by atoms with Gasteiger partial charge in [0, 0.05) is 6.42 Å². The van der Waals surface area contributed by atoms with Crippen LogP contribution in [0.2, 0.25) is 0 Å². The largest absolute Gasteiger partial charge is 0.497 e. The first-order valence-electron chi connectivity index (χ1n) is 10.5. The Morgan fingerprint density at radius 3 is 2.74 bits per heavy atom. The van der Waals surface area contributed by atoms with Gasteiger partial charge in [-0.3, -0.25) is 9.36 Å². The minimum absolute atomic E-state index is 0.0454. The molecule has 172 valence electrons. The summed E-state index contributed by atoms with van der Waals surface area (Å²) in [5.74, 6) is 0.817. The van der Waals surface area contributed by atoms with Gasteiger partial charge in [-0.1, -0.05) is 23.9 Å². The second-order valence-electron chi connectivity index (χ2n) is 7.47. The smallest absolute Gasteiger partial charge is 0.253 e. The SMILES string of the molecule is COc1ccc(C2=NN(C(=O)CSc3nncn3-c3ccccc3F)[C@@H](c3ccco3)C2)cc1. The van der Waals surface area contributed by atoms with Crippen LogP contribution in [0.4, 0.5) is 4.39 Å². The lowest BCUT2D eigenvalue weighted by Gasteiger charge is -2.19. The highest BCUT2D eigenvalue weighted by molar-refractivity contribution is 7.99. The summed E-state index contributed by atoms with van der Waals surface area (Å²) in [6.07, 6.45) is 3.52. The van der Waals surface area contributed by atoms with Gasteiger partial charge < -0.3 is 9.15 Å². The van der Waals surface area contributed by atoms with Crippen molar-refractivity contribution in [1.82, 2.24) is 19.8 Å². The van der Waals surface area contributed by atoms with E-state index in [1.165, 1.54) is 33.7 Å². The molecule has 1 aliphatic heterocycles. The second-order valence-corrected chi connectivity index (χ2v) is 8.41. The molecule has 3 heterocycles. The van der Waals surface area contributed by atoms with Crippen LogP contribution in [-0.4, -0.2) is 44.3 Å². The van der Waals surface area contributed by atoms with Crippen LogP contribution in [0.25, 0.3) is 5.69 Å². The third-order valence-corrected chi connectivity index (χ3v) is 6.34. The van der Waals surface area contributed by atoms with Crippen molar-refractivity contribution in [3.05, 3.63) is 90.4 Å². The molecule has 1 aliphatic rings. The van der Waals surface area contributed by atoms with Crippen molar-refractivity contribution in [3.8, 4) is 11.4 Å². The maximum absolute atomic E-state index is 14.2. The Bertz CT molecular complexity index is 1320. The van der Waals surface area contributed by atoms with E-state index in [-0.39, 0.29) is 17.7 Å². The molecule has 0 bridgehead atoms. The lowest BCUT2D eigenvalue weighted by Crippen LogP contribution is -2.28. The molecule has 8 nitrogen and oxygen atoms in total. The van der Waals surface area contributed by atoms with Gasteiger partial charge in [0.15, 0.2) is 5.16 Å². The summed E-state index contributed by atoms with van der Waals surface area (Å²) in [6, 6.07) is 17.1. The van der Waals surface area contributed by atoms with Gasteiger partial charge in [-0.15, -0.1) is 10.2 Å². The first-order valence-corrected chi connectivity index (χ1v) is 11.5. The van der Waals surface area contributed by atoms with E-state index < -0.39 is 5.82 Å². The third kappa shape index (κ3) is 4.32. The molecular formula is C24H20FN5O3S. The summed E-state index contributed by atoms with van der Waals surface area (Å²) < 4.78 is 26.6. The van der Waals surface area contributed by atoms with Crippen LogP contribution in [0.3, 0.4) is 0 Å². The molecule has 0 radical (unpaired) electrons. The summed E-state index contributed by atoms with van der Waals surface area (Å²) in [5.41, 5.74) is 1.99. The fraction of sp³-hybridized carbons (Fsp3) is 0.167. The Balaban J connectivity index is 1.36. The molecule has 4 aromatic rings. The van der Waals surface area contributed by atoms with E-state index >= 15 is 0 Å². The number of nitrogens with zero attached hydrogens (tertiary/aromatic N) is 5. The quantitative estimate of drug-likeness (QED) is 0.365. The van der Waals surface area contributed by atoms with Crippen molar-refractivity contribution in [2.45, 2.75) is 17.6 Å². The van der Waals surface area contributed by atoms with Gasteiger partial charge in [-0.05, 0) is 54.1 Å². The van der Waals surface area contributed by atoms with Gasteiger partial charge in [-0.25, -0.2) is 9.40 Å². The average molecular weight is 478 g/mol. The fourth-order valence-electron chi connectivity index (χ4n) is 3.73. The molecule has 1 atom stereocenters. The number of hydrazone groups is 1. The van der Waals surface area contributed by atoms with Crippen LogP contribution >= 0.6 is 11.8 Å². The van der Waals surface area contributed by atoms with Crippen molar-refractivity contribution in [3.63, 3.8) is 0 Å². The van der Waals surface area contributed by atoms with Gasteiger partial charge in [-0.2, -0.15) is 5.10 Å². The van der Waals surface area contributed by atoms with Gasteiger partial charge in [0.25, 0.3) is 5.91 Å². The van der Waals surface area contributed by atoms with E-state index in [1.54, 1.807) is 37.6 Å². The highest BCUT2D eigenvalue weighted by Gasteiger charge is 2.35. The molecule has 2 aromatic heterocycles. The Morgan fingerprint density at radius 1 is 1.18 bits per heavy atom. The maximum atomic E-state index is 14.2. The zero-order valence-corrected chi connectivity index (χ0v) is 19.0. The van der Waals surface area contributed by atoms with E-state index in [2.05, 4.69) is 15.3 Å². The molecule has 0 aliphatic carbocycles. The number of halogens is 1. The average Bonchev–Trinajstić information content (AvgIpc) is 3.63. The summed E-state index contributed by atoms with van der Waals surface area (Å²) >= 11 is 1.17. The Morgan fingerprint density at radius 2 is 2.00 bits per heavy atom. The first kappa shape index (κ1) is 21.9. The van der Waals surface area contributed by atoms with Crippen LogP contribution in [-0.2, 0) is 4.79 Å². The van der Waals surface area contributed by atoms with Gasteiger partial charge in [0.05, 0.1) is 30.5 Å². The molecule has 0 spiro atoms. The number of carbonyl (C=O) groups is 1. The number of rotatable bonds is 7. The van der Waals surface area contributed by atoms with Crippen LogP contribution in [0.5, 0.6) is 5.75 Å². The predicted molar refractivity (Wildman–Crippen MR) is 124 cm³/mol. The standard InChI is InChI=1S/C24H20FN5O3S/c1-32-17-10-8-16(9-11-17)19-13-21(22-7-4-12-33-22)30(28-19)23(31)14-34-24-27-26-15-29(24)20-6-3-2-5-18(20)25/h2-12,15,21H,13-14H2,1H3/t21-/m1/s1. The van der Waals surface area contributed by atoms with E-state index in [0.717, 1.165) is 17.0 Å². The van der Waals surface area contributed by atoms with Crippen molar-refractivity contribution in [2.75, 3.05) is 12.9 Å². The summed E-state index contributed by atoms with van der Waals surface area (Å²) in [5, 5.41) is 14.4. The number of furan rings is 1. The molecule has 1 amide bonds. The van der Waals surface area contributed by atoms with E-state index in [4.69, 9.17) is 9.15 Å². The number of para-hydroxylation sites is 1. The number of benzene rings is 2. The molecule has 0 saturated carbocycles. The lowest BCUT2D eigenvalue weighted by atomic mass is 10.0. The van der Waals surface area contributed by atoms with Gasteiger partial charge in [0.1, 0.15) is 29.7 Å².